The summed E-state index contributed by atoms with van der Waals surface area (Å²) in [5.74, 6) is 0.178. The Bertz CT molecular complexity index is 469. The molecule has 3 rings (SSSR count). The van der Waals surface area contributed by atoms with Gasteiger partial charge in [-0.3, -0.25) is 4.79 Å². The Labute approximate surface area is 104 Å². The van der Waals surface area contributed by atoms with Crippen LogP contribution in [-0.2, 0) is 16.1 Å². The molecule has 1 N–H and O–H groups in total. The van der Waals surface area contributed by atoms with Gasteiger partial charge in [0.15, 0.2) is 5.82 Å². The van der Waals surface area contributed by atoms with Gasteiger partial charge in [0.05, 0.1) is 18.1 Å². The van der Waals surface area contributed by atoms with Gasteiger partial charge in [0.25, 0.3) is 0 Å². The van der Waals surface area contributed by atoms with E-state index in [1.54, 1.807) is 4.68 Å². The fraction of sp³-hybridized carbons (Fsp3) is 0.818. The number of hydrogen-bond acceptors (Lipinski definition) is 5. The number of aromatic nitrogens is 4. The number of nitrogens with zero attached hydrogens (tertiary/aromatic N) is 4. The van der Waals surface area contributed by atoms with E-state index in [0.717, 1.165) is 12.2 Å². The summed E-state index contributed by atoms with van der Waals surface area (Å²) in [4.78, 5) is 11.2. The predicted octanol–water partition coefficient (Wildman–Crippen LogP) is 0.430. The molecule has 1 saturated carbocycles. The van der Waals surface area contributed by atoms with Gasteiger partial charge in [-0.2, -0.15) is 0 Å². The molecule has 0 amide bonds. The average Bonchev–Trinajstić information content (AvgIpc) is 2.77. The summed E-state index contributed by atoms with van der Waals surface area (Å²) in [5.41, 5.74) is -0.646. The molecule has 0 radical (unpaired) electrons. The Morgan fingerprint density at radius 2 is 2.39 bits per heavy atom. The van der Waals surface area contributed by atoms with E-state index in [2.05, 4.69) is 15.5 Å². The third-order valence-electron chi connectivity index (χ3n) is 4.03. The summed E-state index contributed by atoms with van der Waals surface area (Å²) in [6, 6.07) is 0. The lowest BCUT2D eigenvalue weighted by Gasteiger charge is -2.15. The van der Waals surface area contributed by atoms with Gasteiger partial charge < -0.3 is 9.84 Å². The van der Waals surface area contributed by atoms with Crippen molar-refractivity contribution >= 4 is 5.97 Å². The molecule has 0 aromatic carbocycles. The second-order valence-electron chi connectivity index (χ2n) is 5.25. The minimum atomic E-state index is -0.750. The van der Waals surface area contributed by atoms with Gasteiger partial charge in [0.1, 0.15) is 0 Å². The van der Waals surface area contributed by atoms with Crippen molar-refractivity contribution in [3.05, 3.63) is 5.82 Å². The van der Waals surface area contributed by atoms with Crippen molar-refractivity contribution < 1.29 is 14.6 Å². The maximum atomic E-state index is 11.2. The van der Waals surface area contributed by atoms with Crippen LogP contribution < -0.4 is 0 Å². The van der Waals surface area contributed by atoms with Gasteiger partial charge in [0.2, 0.25) is 0 Å². The van der Waals surface area contributed by atoms with Crippen LogP contribution in [-0.4, -0.2) is 44.0 Å². The molecule has 2 fully saturated rings. The summed E-state index contributed by atoms with van der Waals surface area (Å²) in [7, 11) is 0. The molecule has 0 bridgehead atoms. The van der Waals surface area contributed by atoms with Crippen LogP contribution in [0.2, 0.25) is 0 Å². The number of ether oxygens (including phenoxy) is 1. The normalized spacial score (nSPS) is 29.4. The van der Waals surface area contributed by atoms with Gasteiger partial charge in [-0.1, -0.05) is 0 Å². The van der Waals surface area contributed by atoms with Crippen molar-refractivity contribution in [3.63, 3.8) is 0 Å². The molecule has 1 saturated heterocycles. The summed E-state index contributed by atoms with van der Waals surface area (Å²) in [6.07, 6.45) is 2.40. The molecule has 98 valence electrons. The van der Waals surface area contributed by atoms with E-state index >= 15 is 0 Å². The highest BCUT2D eigenvalue weighted by molar-refractivity contribution is 5.77. The monoisotopic (exact) mass is 252 g/mol. The Morgan fingerprint density at radius 1 is 1.61 bits per heavy atom. The maximum Gasteiger partial charge on any atom is 0.311 e. The van der Waals surface area contributed by atoms with E-state index < -0.39 is 11.4 Å². The zero-order valence-corrected chi connectivity index (χ0v) is 10.2. The van der Waals surface area contributed by atoms with Crippen LogP contribution in [0.15, 0.2) is 0 Å². The van der Waals surface area contributed by atoms with Crippen molar-refractivity contribution in [2.45, 2.75) is 44.8 Å². The Morgan fingerprint density at radius 3 is 2.94 bits per heavy atom. The van der Waals surface area contributed by atoms with Crippen molar-refractivity contribution in [3.8, 4) is 0 Å². The lowest BCUT2D eigenvalue weighted by Crippen LogP contribution is -2.25. The Hall–Kier alpha value is -1.50. The first-order valence-corrected chi connectivity index (χ1v) is 6.23. The first-order valence-electron chi connectivity index (χ1n) is 6.23. The standard InChI is InChI=1S/C11H16N4O3/c1-7-8(2-5-18-7)9-12-13-14-15(9)6-11(3-4-11)10(16)17/h7-8H,2-6H2,1H3,(H,16,17). The van der Waals surface area contributed by atoms with E-state index in [0.29, 0.717) is 26.0 Å². The zero-order valence-electron chi connectivity index (χ0n) is 10.2. The van der Waals surface area contributed by atoms with Gasteiger partial charge in [-0.15, -0.1) is 5.10 Å². The molecule has 1 aliphatic heterocycles. The molecular weight excluding hydrogens is 236 g/mol. The van der Waals surface area contributed by atoms with E-state index in [-0.39, 0.29) is 12.0 Å². The van der Waals surface area contributed by atoms with Crippen LogP contribution >= 0.6 is 0 Å². The quantitative estimate of drug-likeness (QED) is 0.835. The maximum absolute atomic E-state index is 11.2. The average molecular weight is 252 g/mol. The number of carboxylic acids is 1. The van der Waals surface area contributed by atoms with Crippen molar-refractivity contribution in [2.75, 3.05) is 6.61 Å². The second-order valence-corrected chi connectivity index (χ2v) is 5.25. The minimum Gasteiger partial charge on any atom is -0.481 e. The number of hydrogen-bond donors (Lipinski definition) is 1. The van der Waals surface area contributed by atoms with Gasteiger partial charge >= 0.3 is 5.97 Å². The van der Waals surface area contributed by atoms with Crippen LogP contribution in [0.3, 0.4) is 0 Å². The molecule has 1 aromatic heterocycles. The lowest BCUT2D eigenvalue weighted by molar-refractivity contribution is -0.144. The molecule has 1 aromatic rings. The summed E-state index contributed by atoms with van der Waals surface area (Å²) in [6.45, 7) is 3.08. The van der Waals surface area contributed by atoms with Gasteiger partial charge in [-0.25, -0.2) is 4.68 Å². The van der Waals surface area contributed by atoms with Crippen molar-refractivity contribution in [1.82, 2.24) is 20.2 Å². The number of tetrazole rings is 1. The smallest absolute Gasteiger partial charge is 0.311 e. The van der Waals surface area contributed by atoms with E-state index in [1.165, 1.54) is 0 Å². The topological polar surface area (TPSA) is 90.1 Å². The molecule has 18 heavy (non-hydrogen) atoms. The molecule has 2 unspecified atom stereocenters. The number of carbonyl (C=O) groups is 1. The Balaban J connectivity index is 1.82. The predicted molar refractivity (Wildman–Crippen MR) is 59.9 cm³/mol. The summed E-state index contributed by atoms with van der Waals surface area (Å²) in [5, 5.41) is 20.9. The van der Waals surface area contributed by atoms with E-state index in [4.69, 9.17) is 4.74 Å². The number of aliphatic carboxylic acids is 1. The molecule has 2 aliphatic rings. The van der Waals surface area contributed by atoms with Crippen molar-refractivity contribution in [1.29, 1.82) is 0 Å². The molecule has 2 atom stereocenters. The fourth-order valence-corrected chi connectivity index (χ4v) is 2.54. The van der Waals surface area contributed by atoms with E-state index in [9.17, 15) is 9.90 Å². The third-order valence-corrected chi connectivity index (χ3v) is 4.03. The Kier molecular flexibility index (Phi) is 2.58. The number of carboxylic acid groups (broad SMARTS) is 1. The SMILES string of the molecule is CC1OCCC1c1nnnn1CC1(C(=O)O)CC1. The molecule has 7 nitrogen and oxygen atoms in total. The second kappa shape index (κ2) is 4.01. The van der Waals surface area contributed by atoms with Gasteiger partial charge in [-0.05, 0) is 36.6 Å². The fourth-order valence-electron chi connectivity index (χ4n) is 2.54. The molecule has 1 aliphatic carbocycles. The van der Waals surface area contributed by atoms with Gasteiger partial charge in [0, 0.05) is 12.5 Å². The molecule has 0 spiro atoms. The first kappa shape index (κ1) is 11.6. The molecule has 7 heteroatoms. The third kappa shape index (κ3) is 1.78. The highest BCUT2D eigenvalue weighted by atomic mass is 16.5. The largest absolute Gasteiger partial charge is 0.481 e. The highest BCUT2D eigenvalue weighted by Crippen LogP contribution is 2.47. The van der Waals surface area contributed by atoms with Crippen LogP contribution in [0.5, 0.6) is 0 Å². The van der Waals surface area contributed by atoms with Crippen LogP contribution in [0.25, 0.3) is 0 Å². The summed E-state index contributed by atoms with van der Waals surface area (Å²) >= 11 is 0. The lowest BCUT2D eigenvalue weighted by atomic mass is 10.0. The highest BCUT2D eigenvalue weighted by Gasteiger charge is 2.51. The number of rotatable bonds is 4. The summed E-state index contributed by atoms with van der Waals surface area (Å²) < 4.78 is 7.16. The van der Waals surface area contributed by atoms with Crippen LogP contribution in [0.4, 0.5) is 0 Å². The van der Waals surface area contributed by atoms with E-state index in [1.807, 2.05) is 6.92 Å². The molecular formula is C11H16N4O3. The minimum absolute atomic E-state index is 0.0923. The van der Waals surface area contributed by atoms with Crippen molar-refractivity contribution in [2.24, 2.45) is 5.41 Å². The zero-order chi connectivity index (χ0) is 12.8. The van der Waals surface area contributed by atoms with Crippen LogP contribution in [0.1, 0.15) is 37.9 Å². The first-order chi connectivity index (χ1) is 8.62. The molecule has 2 heterocycles. The van der Waals surface area contributed by atoms with Crippen LogP contribution in [0, 0.1) is 5.41 Å².